The molecule has 6 nitrogen and oxygen atoms in total. The molecule has 0 saturated heterocycles. The summed E-state index contributed by atoms with van der Waals surface area (Å²) < 4.78 is 11.6. The molecule has 0 aliphatic rings. The number of H-pyrrole nitrogens is 1. The number of fused-ring (bicyclic) bond motifs is 1. The third-order valence-corrected chi connectivity index (χ3v) is 4.14. The third-order valence-electron chi connectivity index (χ3n) is 3.36. The van der Waals surface area contributed by atoms with Gasteiger partial charge in [0.1, 0.15) is 21.0 Å². The number of benzene rings is 1. The zero-order valence-corrected chi connectivity index (χ0v) is 14.3. The third kappa shape index (κ3) is 2.80. The first-order valence-corrected chi connectivity index (χ1v) is 7.74. The summed E-state index contributed by atoms with van der Waals surface area (Å²) in [5.74, 6) is 2.35. The molecule has 2 heterocycles. The van der Waals surface area contributed by atoms with Crippen molar-refractivity contribution in [2.24, 2.45) is 0 Å². The Kier molecular flexibility index (Phi) is 4.32. The van der Waals surface area contributed by atoms with Gasteiger partial charge in [0.05, 0.1) is 25.1 Å². The fraction of sp³-hybridized carbons (Fsp3) is 0.200. The number of aromatic nitrogens is 3. The Labute approximate surface area is 142 Å². The van der Waals surface area contributed by atoms with Crippen molar-refractivity contribution in [3.05, 3.63) is 39.7 Å². The molecule has 0 atom stereocenters. The fourth-order valence-corrected chi connectivity index (χ4v) is 2.89. The maximum atomic E-state index is 5.41. The molecule has 0 spiro atoms. The number of methoxy groups -OCH3 is 2. The van der Waals surface area contributed by atoms with Gasteiger partial charge in [0, 0.05) is 25.8 Å². The number of halogens is 1. The number of anilines is 1. The molecule has 116 valence electrons. The molecule has 22 heavy (non-hydrogen) atoms. The molecule has 0 aliphatic heterocycles. The average Bonchev–Trinajstić information content (AvgIpc) is 2.94. The summed E-state index contributed by atoms with van der Waals surface area (Å²) >= 11 is 2.22. The predicted octanol–water partition coefficient (Wildman–Crippen LogP) is 3.44. The Morgan fingerprint density at radius 3 is 2.91 bits per heavy atom. The van der Waals surface area contributed by atoms with Gasteiger partial charge in [0.2, 0.25) is 0 Å². The number of hydrogen-bond acceptors (Lipinski definition) is 5. The fourth-order valence-electron chi connectivity index (χ4n) is 2.24. The number of nitrogens with zero attached hydrogens (tertiary/aromatic N) is 2. The molecule has 0 unspecified atom stereocenters. The van der Waals surface area contributed by atoms with Gasteiger partial charge in [-0.1, -0.05) is 0 Å². The van der Waals surface area contributed by atoms with E-state index in [1.807, 2.05) is 24.3 Å². The minimum Gasteiger partial charge on any atom is -0.497 e. The van der Waals surface area contributed by atoms with Gasteiger partial charge in [-0.05, 0) is 40.8 Å². The Morgan fingerprint density at radius 2 is 2.14 bits per heavy atom. The molecule has 3 aromatic rings. The molecular weight excluding hydrogens is 395 g/mol. The summed E-state index contributed by atoms with van der Waals surface area (Å²) in [7, 11) is 3.29. The molecule has 2 N–H and O–H groups in total. The van der Waals surface area contributed by atoms with Crippen LogP contribution in [0.2, 0.25) is 0 Å². The lowest BCUT2D eigenvalue weighted by Crippen LogP contribution is -2.04. The largest absolute Gasteiger partial charge is 0.497 e. The highest BCUT2D eigenvalue weighted by molar-refractivity contribution is 14.1. The summed E-state index contributed by atoms with van der Waals surface area (Å²) in [6, 6.07) is 7.64. The van der Waals surface area contributed by atoms with Crippen molar-refractivity contribution in [2.45, 2.75) is 6.54 Å². The van der Waals surface area contributed by atoms with Crippen LogP contribution >= 0.6 is 22.6 Å². The lowest BCUT2D eigenvalue weighted by Gasteiger charge is -2.12. The van der Waals surface area contributed by atoms with Crippen LogP contribution in [0.25, 0.3) is 10.9 Å². The van der Waals surface area contributed by atoms with Crippen molar-refractivity contribution < 1.29 is 10.9 Å². The van der Waals surface area contributed by atoms with E-state index in [0.717, 1.165) is 37.5 Å². The highest BCUT2D eigenvalue weighted by atomic mass is 127. The SMILES string of the molecule is COc1ccc(CNc2nccc3n[nH]c(I)c23)c(OC)c1.[HH]. The maximum Gasteiger partial charge on any atom is 0.138 e. The van der Waals surface area contributed by atoms with Crippen LogP contribution in [0.5, 0.6) is 11.5 Å². The topological polar surface area (TPSA) is 72.1 Å². The quantitative estimate of drug-likeness (QED) is 0.629. The summed E-state index contributed by atoms with van der Waals surface area (Å²) in [5.41, 5.74) is 1.92. The monoisotopic (exact) mass is 412 g/mol. The van der Waals surface area contributed by atoms with Gasteiger partial charge in [-0.2, -0.15) is 5.10 Å². The minimum absolute atomic E-state index is 0. The van der Waals surface area contributed by atoms with E-state index in [4.69, 9.17) is 9.47 Å². The minimum atomic E-state index is 0. The first-order valence-electron chi connectivity index (χ1n) is 6.66. The van der Waals surface area contributed by atoms with E-state index in [-0.39, 0.29) is 1.43 Å². The average molecular weight is 412 g/mol. The molecule has 7 heteroatoms. The predicted molar refractivity (Wildman–Crippen MR) is 95.6 cm³/mol. The second-order valence-corrected chi connectivity index (χ2v) is 5.70. The van der Waals surface area contributed by atoms with Gasteiger partial charge in [0.15, 0.2) is 0 Å². The second-order valence-electron chi connectivity index (χ2n) is 4.62. The van der Waals surface area contributed by atoms with Gasteiger partial charge in [-0.15, -0.1) is 0 Å². The lowest BCUT2D eigenvalue weighted by molar-refractivity contribution is 0.391. The van der Waals surface area contributed by atoms with Crippen molar-refractivity contribution in [3.63, 3.8) is 0 Å². The zero-order valence-electron chi connectivity index (χ0n) is 12.2. The molecule has 1 aromatic carbocycles. The molecule has 0 saturated carbocycles. The molecule has 0 bridgehead atoms. The van der Waals surface area contributed by atoms with E-state index in [1.54, 1.807) is 20.4 Å². The van der Waals surface area contributed by atoms with E-state index in [9.17, 15) is 0 Å². The van der Waals surface area contributed by atoms with Gasteiger partial charge < -0.3 is 14.8 Å². The van der Waals surface area contributed by atoms with Crippen LogP contribution in [0.15, 0.2) is 30.5 Å². The second kappa shape index (κ2) is 6.39. The standard InChI is InChI=1S/C15H15IN4O2.H2/c1-21-10-4-3-9(12(7-10)22-2)8-18-15-13-11(5-6-17-15)19-20-14(13)16;/h3-7H,8H2,1-2H3,(H,17,18)(H,19,20);1H. The number of pyridine rings is 1. The Morgan fingerprint density at radius 1 is 1.27 bits per heavy atom. The molecule has 0 fully saturated rings. The molecule has 0 amide bonds. The van der Waals surface area contributed by atoms with Crippen LogP contribution in [-0.4, -0.2) is 29.4 Å². The summed E-state index contributed by atoms with van der Waals surface area (Å²) in [6.45, 7) is 0.598. The lowest BCUT2D eigenvalue weighted by atomic mass is 10.2. The van der Waals surface area contributed by atoms with Crippen molar-refractivity contribution in [3.8, 4) is 11.5 Å². The van der Waals surface area contributed by atoms with Crippen LogP contribution < -0.4 is 14.8 Å². The van der Waals surface area contributed by atoms with E-state index in [2.05, 4.69) is 43.1 Å². The van der Waals surface area contributed by atoms with Gasteiger partial charge >= 0.3 is 0 Å². The van der Waals surface area contributed by atoms with Crippen molar-refractivity contribution >= 4 is 39.3 Å². The van der Waals surface area contributed by atoms with Crippen LogP contribution in [-0.2, 0) is 6.54 Å². The summed E-state index contributed by atoms with van der Waals surface area (Å²) in [4.78, 5) is 4.40. The van der Waals surface area contributed by atoms with Crippen molar-refractivity contribution in [1.82, 2.24) is 15.2 Å². The van der Waals surface area contributed by atoms with Gasteiger partial charge in [0.25, 0.3) is 0 Å². The van der Waals surface area contributed by atoms with Crippen LogP contribution in [0, 0.1) is 3.70 Å². The Balaban J connectivity index is 0.00000192. The number of aromatic amines is 1. The number of ether oxygens (including phenoxy) is 2. The van der Waals surface area contributed by atoms with E-state index >= 15 is 0 Å². The maximum absolute atomic E-state index is 5.41. The number of rotatable bonds is 5. The van der Waals surface area contributed by atoms with E-state index in [1.165, 1.54) is 0 Å². The summed E-state index contributed by atoms with van der Waals surface area (Å²) in [5, 5.41) is 11.5. The normalized spacial score (nSPS) is 10.7. The first-order chi connectivity index (χ1) is 10.7. The van der Waals surface area contributed by atoms with Crippen LogP contribution in [0.3, 0.4) is 0 Å². The highest BCUT2D eigenvalue weighted by Gasteiger charge is 2.10. The van der Waals surface area contributed by atoms with E-state index in [0.29, 0.717) is 6.54 Å². The number of nitrogens with one attached hydrogen (secondary N) is 2. The van der Waals surface area contributed by atoms with Crippen molar-refractivity contribution in [2.75, 3.05) is 19.5 Å². The van der Waals surface area contributed by atoms with E-state index < -0.39 is 0 Å². The summed E-state index contributed by atoms with van der Waals surface area (Å²) in [6.07, 6.45) is 1.74. The zero-order chi connectivity index (χ0) is 15.5. The smallest absolute Gasteiger partial charge is 0.138 e. The molecule has 3 rings (SSSR count). The molecular formula is C15H17IN4O2. The van der Waals surface area contributed by atoms with Gasteiger partial charge in [-0.25, -0.2) is 4.98 Å². The van der Waals surface area contributed by atoms with Gasteiger partial charge in [-0.3, -0.25) is 5.10 Å². The van der Waals surface area contributed by atoms with Crippen molar-refractivity contribution in [1.29, 1.82) is 0 Å². The first kappa shape index (κ1) is 14.9. The highest BCUT2D eigenvalue weighted by Crippen LogP contribution is 2.27. The molecule has 2 aromatic heterocycles. The Hall–Kier alpha value is -2.03. The van der Waals surface area contributed by atoms with Crippen LogP contribution in [0.4, 0.5) is 5.82 Å². The molecule has 0 aliphatic carbocycles. The molecule has 0 radical (unpaired) electrons. The van der Waals surface area contributed by atoms with Crippen LogP contribution in [0.1, 0.15) is 6.99 Å². The number of hydrogen-bond donors (Lipinski definition) is 2. The Bertz CT molecular complexity index is 809.